The molecule has 19 heavy (non-hydrogen) atoms. The van der Waals surface area contributed by atoms with E-state index in [4.69, 9.17) is 0 Å². The van der Waals surface area contributed by atoms with Crippen molar-refractivity contribution in [3.8, 4) is 0 Å². The number of hydrogen-bond donors (Lipinski definition) is 1. The second kappa shape index (κ2) is 6.44. The summed E-state index contributed by atoms with van der Waals surface area (Å²) in [5.74, 6) is 0. The van der Waals surface area contributed by atoms with Crippen LogP contribution < -0.4 is 3.40 Å². The molecule has 1 N–H and O–H groups in total. The Morgan fingerprint density at radius 3 is 2.47 bits per heavy atom. The number of hydrogen-bond acceptors (Lipinski definition) is 0. The molecule has 1 aromatic carbocycles. The summed E-state index contributed by atoms with van der Waals surface area (Å²) in [6.07, 6.45) is 7.98. The van der Waals surface area contributed by atoms with Crippen molar-refractivity contribution < 1.29 is 20.3 Å². The maximum atomic E-state index is 3.64. The molecule has 0 aliphatic heterocycles. The Hall–Kier alpha value is -0.297. The molecule has 0 fully saturated rings. The molecule has 1 aromatic heterocycles. The van der Waals surface area contributed by atoms with E-state index in [-0.39, 0.29) is 24.8 Å². The minimum absolute atomic E-state index is 0. The van der Waals surface area contributed by atoms with Gasteiger partial charge in [0.15, 0.2) is 0 Å². The number of halogens is 2. The molecule has 0 saturated heterocycles. The Morgan fingerprint density at radius 2 is 1.84 bits per heavy atom. The summed E-state index contributed by atoms with van der Waals surface area (Å²) >= 11 is -2.29. The van der Waals surface area contributed by atoms with Crippen LogP contribution in [0.5, 0.6) is 0 Å². The van der Waals surface area contributed by atoms with Gasteiger partial charge in [-0.1, -0.05) is 0 Å². The van der Waals surface area contributed by atoms with Gasteiger partial charge in [-0.15, -0.1) is 24.8 Å². The van der Waals surface area contributed by atoms with Crippen molar-refractivity contribution in [2.45, 2.75) is 15.7 Å². The standard InChI is InChI=1S/C8H6N.C5H5.2CH3.2ClH.Zr/c1-2-4-8-7(3-1)5-6-9-8;1-2-4-5-3-1;;;;;/h1-5,9H;1-3H,4H2;2*1H3;2*1H;. The summed E-state index contributed by atoms with van der Waals surface area (Å²) in [6.45, 7) is 0. The second-order valence-corrected chi connectivity index (χ2v) is 16.1. The number of aromatic amines is 1. The van der Waals surface area contributed by atoms with Gasteiger partial charge in [0, 0.05) is 0 Å². The molecule has 0 saturated carbocycles. The van der Waals surface area contributed by atoms with Gasteiger partial charge in [-0.25, -0.2) is 0 Å². The number of fused-ring (bicyclic) bond motifs is 1. The fraction of sp³-hybridized carbons (Fsp3) is 0.200. The predicted molar refractivity (Wildman–Crippen MR) is 86.0 cm³/mol. The van der Waals surface area contributed by atoms with Crippen LogP contribution in [0.25, 0.3) is 10.9 Å². The Labute approximate surface area is 131 Å². The summed E-state index contributed by atoms with van der Waals surface area (Å²) in [5, 5.41) is 1.35. The first-order valence-electron chi connectivity index (χ1n) is 6.12. The van der Waals surface area contributed by atoms with Crippen LogP contribution in [0.4, 0.5) is 0 Å². The normalized spacial score (nSPS) is 13.9. The molecular formula is C15H19Cl2NZr. The van der Waals surface area contributed by atoms with E-state index in [0.29, 0.717) is 0 Å². The van der Waals surface area contributed by atoms with Crippen molar-refractivity contribution in [3.05, 3.63) is 51.8 Å². The third-order valence-corrected chi connectivity index (χ3v) is 12.6. The number of benzene rings is 1. The Kier molecular flexibility index (Phi) is 5.68. The molecule has 0 radical (unpaired) electrons. The van der Waals surface area contributed by atoms with Gasteiger partial charge in [-0.05, 0) is 0 Å². The third kappa shape index (κ3) is 3.07. The molecule has 0 bridgehead atoms. The fourth-order valence-corrected chi connectivity index (χ4v) is 8.52. The molecule has 1 aliphatic carbocycles. The second-order valence-electron chi connectivity index (χ2n) is 5.22. The molecule has 102 valence electrons. The zero-order valence-electron chi connectivity index (χ0n) is 11.1. The third-order valence-electron chi connectivity index (χ3n) is 3.78. The quantitative estimate of drug-likeness (QED) is 0.781. The first-order valence-corrected chi connectivity index (χ1v) is 13.5. The summed E-state index contributed by atoms with van der Waals surface area (Å²) in [6, 6.07) is 10.9. The first kappa shape index (κ1) is 16.8. The van der Waals surface area contributed by atoms with Crippen LogP contribution in [0.3, 0.4) is 0 Å². The molecule has 1 heterocycles. The van der Waals surface area contributed by atoms with Crippen molar-refractivity contribution in [2.24, 2.45) is 0 Å². The van der Waals surface area contributed by atoms with Crippen LogP contribution in [0.2, 0.25) is 9.26 Å². The van der Waals surface area contributed by atoms with Crippen LogP contribution in [0, 0.1) is 0 Å². The number of H-pyrrole nitrogens is 1. The molecule has 0 amide bonds. The van der Waals surface area contributed by atoms with E-state index in [9.17, 15) is 0 Å². The van der Waals surface area contributed by atoms with Crippen LogP contribution in [0.1, 0.15) is 6.42 Å². The van der Waals surface area contributed by atoms with Gasteiger partial charge >= 0.3 is 107 Å². The van der Waals surface area contributed by atoms with Crippen molar-refractivity contribution in [2.75, 3.05) is 0 Å². The monoisotopic (exact) mass is 373 g/mol. The van der Waals surface area contributed by atoms with E-state index in [1.54, 1.807) is 3.28 Å². The van der Waals surface area contributed by atoms with E-state index >= 15 is 0 Å². The van der Waals surface area contributed by atoms with E-state index in [0.717, 1.165) is 0 Å². The minimum atomic E-state index is -2.29. The molecule has 4 heteroatoms. The van der Waals surface area contributed by atoms with Crippen molar-refractivity contribution in [1.82, 2.24) is 4.98 Å². The van der Waals surface area contributed by atoms with E-state index in [2.05, 4.69) is 62.8 Å². The van der Waals surface area contributed by atoms with Crippen LogP contribution >= 0.6 is 24.8 Å². The molecule has 3 rings (SSSR count). The van der Waals surface area contributed by atoms with Gasteiger partial charge < -0.3 is 0 Å². The van der Waals surface area contributed by atoms with Crippen LogP contribution in [0.15, 0.2) is 51.8 Å². The Balaban J connectivity index is 0.000000902. The van der Waals surface area contributed by atoms with Gasteiger partial charge in [0.2, 0.25) is 0 Å². The molecule has 0 spiro atoms. The molecular weight excluding hydrogens is 356 g/mol. The molecule has 0 unspecified atom stereocenters. The van der Waals surface area contributed by atoms with Gasteiger partial charge in [0.1, 0.15) is 0 Å². The number of para-hydroxylation sites is 1. The number of allylic oxidation sites excluding steroid dienone is 4. The molecule has 2 aromatic rings. The van der Waals surface area contributed by atoms with Gasteiger partial charge in [0.25, 0.3) is 0 Å². The first-order chi connectivity index (χ1) is 8.18. The Bertz CT molecular complexity index is 593. The van der Waals surface area contributed by atoms with Crippen molar-refractivity contribution in [3.63, 3.8) is 0 Å². The summed E-state index contributed by atoms with van der Waals surface area (Å²) in [4.78, 5) is 3.64. The van der Waals surface area contributed by atoms with E-state index in [1.165, 1.54) is 20.7 Å². The SMILES string of the molecule is Cl.Cl.[CH3][Zr]([CH3])([C]1=CC=CC1)[c]1cc2ccccc2[nH]1. The zero-order chi connectivity index (χ0) is 11.9. The summed E-state index contributed by atoms with van der Waals surface area (Å²) in [5.41, 5.74) is 1.28. The van der Waals surface area contributed by atoms with E-state index < -0.39 is 20.3 Å². The average molecular weight is 375 g/mol. The maximum absolute atomic E-state index is 3.64. The van der Waals surface area contributed by atoms with Gasteiger partial charge in [0.05, 0.1) is 0 Å². The number of aromatic nitrogens is 1. The van der Waals surface area contributed by atoms with Crippen molar-refractivity contribution >= 4 is 39.1 Å². The topological polar surface area (TPSA) is 15.8 Å². The molecule has 1 nitrogen and oxygen atoms in total. The molecule has 0 atom stereocenters. The van der Waals surface area contributed by atoms with Crippen LogP contribution in [-0.2, 0) is 20.3 Å². The van der Waals surface area contributed by atoms with E-state index in [1.807, 2.05) is 0 Å². The zero-order valence-corrected chi connectivity index (χ0v) is 15.2. The van der Waals surface area contributed by atoms with Gasteiger partial charge in [-0.2, -0.15) is 0 Å². The summed E-state index contributed by atoms with van der Waals surface area (Å²) < 4.78 is 8.19. The fourth-order valence-electron chi connectivity index (χ4n) is 2.49. The van der Waals surface area contributed by atoms with Crippen molar-refractivity contribution in [1.29, 1.82) is 0 Å². The summed E-state index contributed by atoms with van der Waals surface area (Å²) in [7, 11) is 0. The average Bonchev–Trinajstić information content (AvgIpc) is 2.98. The number of nitrogens with one attached hydrogen (secondary N) is 1. The predicted octanol–water partition coefficient (Wildman–Crippen LogP) is 4.73. The molecule has 1 aliphatic rings. The Morgan fingerprint density at radius 1 is 1.11 bits per heavy atom. The van der Waals surface area contributed by atoms with Gasteiger partial charge in [-0.3, -0.25) is 0 Å². The number of rotatable bonds is 2. The van der Waals surface area contributed by atoms with Crippen LogP contribution in [-0.4, -0.2) is 4.98 Å².